The Bertz CT molecular complexity index is 183. The molecule has 0 radical (unpaired) electrons. The van der Waals surface area contributed by atoms with Gasteiger partial charge in [0.15, 0.2) is 0 Å². The molecule has 0 aliphatic heterocycles. The third-order valence-corrected chi connectivity index (χ3v) is 1.34. The van der Waals surface area contributed by atoms with E-state index >= 15 is 0 Å². The number of hydrogen-bond acceptors (Lipinski definition) is 0. The van der Waals surface area contributed by atoms with Crippen LogP contribution >= 0.6 is 0 Å². The summed E-state index contributed by atoms with van der Waals surface area (Å²) in [5, 5.41) is 0. The first-order chi connectivity index (χ1) is 5.67. The fourth-order valence-electron chi connectivity index (χ4n) is 0.920. The molecule has 0 amide bonds. The first-order valence-electron chi connectivity index (χ1n) is 4.02. The molecule has 0 nitrogen and oxygen atoms in total. The number of hydrogen-bond donors (Lipinski definition) is 0. The van der Waals surface area contributed by atoms with Crippen LogP contribution in [0.1, 0.15) is 27.2 Å². The van der Waals surface area contributed by atoms with Gasteiger partial charge in [0.2, 0.25) is 0 Å². The lowest BCUT2D eigenvalue weighted by molar-refractivity contribution is -0.0952. The topological polar surface area (TPSA) is 0 Å². The van der Waals surface area contributed by atoms with E-state index in [4.69, 9.17) is 0 Å². The van der Waals surface area contributed by atoms with Crippen LogP contribution in [-0.2, 0) is 0 Å². The van der Waals surface area contributed by atoms with Crippen molar-refractivity contribution in [1.82, 2.24) is 0 Å². The van der Waals surface area contributed by atoms with Crippen LogP contribution in [0.4, 0.5) is 17.6 Å². The Morgan fingerprint density at radius 3 is 1.85 bits per heavy atom. The highest BCUT2D eigenvalue weighted by molar-refractivity contribution is 5.12. The largest absolute Gasteiger partial charge is 0.412 e. The normalized spacial score (nSPS) is 14.8. The average molecular weight is 198 g/mol. The zero-order valence-corrected chi connectivity index (χ0v) is 8.00. The van der Waals surface area contributed by atoms with Crippen LogP contribution in [0.2, 0.25) is 0 Å². The molecule has 0 saturated heterocycles. The summed E-state index contributed by atoms with van der Waals surface area (Å²) in [6.45, 7) is 3.98. The molecule has 78 valence electrons. The molecule has 0 atom stereocenters. The molecule has 0 aromatic carbocycles. The SMILES string of the molecule is CC(C)(C)/C=C(\CCF)C(F)(F)F. The molecule has 0 bridgehead atoms. The zero-order chi connectivity index (χ0) is 10.7. The number of halogens is 4. The predicted octanol–water partition coefficient (Wildman–Crippen LogP) is 3.88. The Hall–Kier alpha value is -0.540. The van der Waals surface area contributed by atoms with Gasteiger partial charge in [0.05, 0.1) is 6.67 Å². The maximum atomic E-state index is 12.2. The minimum Gasteiger partial charge on any atom is -0.251 e. The van der Waals surface area contributed by atoms with Gasteiger partial charge < -0.3 is 0 Å². The van der Waals surface area contributed by atoms with Crippen LogP contribution in [0.15, 0.2) is 11.6 Å². The van der Waals surface area contributed by atoms with E-state index in [0.29, 0.717) is 0 Å². The molecule has 0 rings (SSSR count). The van der Waals surface area contributed by atoms with Crippen LogP contribution in [0.3, 0.4) is 0 Å². The van der Waals surface area contributed by atoms with Gasteiger partial charge >= 0.3 is 6.18 Å². The Morgan fingerprint density at radius 2 is 1.62 bits per heavy atom. The molecule has 13 heavy (non-hydrogen) atoms. The molecule has 0 heterocycles. The van der Waals surface area contributed by atoms with Gasteiger partial charge in [-0.25, -0.2) is 0 Å². The molecule has 4 heteroatoms. The van der Waals surface area contributed by atoms with Gasteiger partial charge in [-0.05, 0) is 5.41 Å². The van der Waals surface area contributed by atoms with Crippen molar-refractivity contribution in [2.24, 2.45) is 5.41 Å². The fraction of sp³-hybridized carbons (Fsp3) is 0.778. The first kappa shape index (κ1) is 12.5. The molecule has 0 spiro atoms. The van der Waals surface area contributed by atoms with Gasteiger partial charge in [0, 0.05) is 12.0 Å². The summed E-state index contributed by atoms with van der Waals surface area (Å²) in [6, 6.07) is 0. The van der Waals surface area contributed by atoms with Crippen molar-refractivity contribution >= 4 is 0 Å². The summed E-state index contributed by atoms with van der Waals surface area (Å²) < 4.78 is 48.4. The molecule has 0 N–H and O–H groups in total. The van der Waals surface area contributed by atoms with Crippen molar-refractivity contribution in [2.45, 2.75) is 33.4 Å². The highest BCUT2D eigenvalue weighted by Crippen LogP contribution is 2.32. The minimum atomic E-state index is -4.40. The number of allylic oxidation sites excluding steroid dienone is 2. The van der Waals surface area contributed by atoms with E-state index < -0.39 is 30.3 Å². The first-order valence-corrected chi connectivity index (χ1v) is 4.02. The summed E-state index contributed by atoms with van der Waals surface area (Å²) >= 11 is 0. The van der Waals surface area contributed by atoms with Gasteiger partial charge in [0.25, 0.3) is 0 Å². The number of rotatable bonds is 2. The highest BCUT2D eigenvalue weighted by atomic mass is 19.4. The lowest BCUT2D eigenvalue weighted by Crippen LogP contribution is -2.16. The summed E-state index contributed by atoms with van der Waals surface area (Å²) in [6.07, 6.45) is -3.88. The fourth-order valence-corrected chi connectivity index (χ4v) is 0.920. The van der Waals surface area contributed by atoms with Crippen molar-refractivity contribution in [3.63, 3.8) is 0 Å². The van der Waals surface area contributed by atoms with Crippen molar-refractivity contribution in [2.75, 3.05) is 6.67 Å². The molecule has 0 unspecified atom stereocenters. The van der Waals surface area contributed by atoms with Crippen molar-refractivity contribution < 1.29 is 17.6 Å². The maximum absolute atomic E-state index is 12.2. The van der Waals surface area contributed by atoms with Crippen LogP contribution in [0.25, 0.3) is 0 Å². The van der Waals surface area contributed by atoms with E-state index in [2.05, 4.69) is 0 Å². The molecular weight excluding hydrogens is 184 g/mol. The van der Waals surface area contributed by atoms with E-state index in [1.165, 1.54) is 0 Å². The Morgan fingerprint density at radius 1 is 1.15 bits per heavy atom. The lowest BCUT2D eigenvalue weighted by atomic mass is 9.92. The van der Waals surface area contributed by atoms with Crippen molar-refractivity contribution in [3.05, 3.63) is 11.6 Å². The molecule has 0 saturated carbocycles. The molecule has 0 aromatic rings. The predicted molar refractivity (Wildman–Crippen MR) is 44.2 cm³/mol. The van der Waals surface area contributed by atoms with E-state index in [0.717, 1.165) is 6.08 Å². The minimum absolute atomic E-state index is 0.555. The van der Waals surface area contributed by atoms with Crippen LogP contribution < -0.4 is 0 Å². The zero-order valence-electron chi connectivity index (χ0n) is 8.00. The second kappa shape index (κ2) is 4.11. The average Bonchev–Trinajstić information content (AvgIpc) is 1.81. The summed E-state index contributed by atoms with van der Waals surface area (Å²) in [5.74, 6) is 0. The van der Waals surface area contributed by atoms with Crippen molar-refractivity contribution in [1.29, 1.82) is 0 Å². The summed E-state index contributed by atoms with van der Waals surface area (Å²) in [7, 11) is 0. The monoisotopic (exact) mass is 198 g/mol. The van der Waals surface area contributed by atoms with Gasteiger partial charge in [-0.2, -0.15) is 13.2 Å². The van der Waals surface area contributed by atoms with Gasteiger partial charge in [0.1, 0.15) is 0 Å². The van der Waals surface area contributed by atoms with Crippen LogP contribution in [0.5, 0.6) is 0 Å². The summed E-state index contributed by atoms with van der Waals surface area (Å²) in [4.78, 5) is 0. The van der Waals surface area contributed by atoms with Crippen molar-refractivity contribution in [3.8, 4) is 0 Å². The van der Waals surface area contributed by atoms with Gasteiger partial charge in [-0.3, -0.25) is 4.39 Å². The second-order valence-electron chi connectivity index (χ2n) is 3.97. The van der Waals surface area contributed by atoms with Gasteiger partial charge in [-0.1, -0.05) is 26.8 Å². The lowest BCUT2D eigenvalue weighted by Gasteiger charge is -2.17. The molecule has 0 aliphatic carbocycles. The molecular formula is C9H14F4. The Labute approximate surface area is 75.6 Å². The van der Waals surface area contributed by atoms with Crippen LogP contribution in [0, 0.1) is 5.41 Å². The van der Waals surface area contributed by atoms with Gasteiger partial charge in [-0.15, -0.1) is 0 Å². The Kier molecular flexibility index (Phi) is 3.94. The van der Waals surface area contributed by atoms with E-state index in [1.54, 1.807) is 20.8 Å². The highest BCUT2D eigenvalue weighted by Gasteiger charge is 2.33. The maximum Gasteiger partial charge on any atom is 0.412 e. The molecule has 0 aromatic heterocycles. The van der Waals surface area contributed by atoms with E-state index in [-0.39, 0.29) is 0 Å². The quantitative estimate of drug-likeness (QED) is 0.466. The molecule has 0 aliphatic rings. The second-order valence-corrected chi connectivity index (χ2v) is 3.97. The standard InChI is InChI=1S/C9H14F4/c1-8(2,3)6-7(4-5-10)9(11,12)13/h6H,4-5H2,1-3H3/b7-6+. The third kappa shape index (κ3) is 5.66. The number of alkyl halides is 4. The Balaban J connectivity index is 4.71. The van der Waals surface area contributed by atoms with E-state index in [9.17, 15) is 17.6 Å². The van der Waals surface area contributed by atoms with E-state index in [1.807, 2.05) is 0 Å². The smallest absolute Gasteiger partial charge is 0.251 e. The molecule has 0 fully saturated rings. The third-order valence-electron chi connectivity index (χ3n) is 1.34. The van der Waals surface area contributed by atoms with Crippen LogP contribution in [-0.4, -0.2) is 12.9 Å². The summed E-state index contributed by atoms with van der Waals surface area (Å²) in [5.41, 5.74) is -1.34.